The summed E-state index contributed by atoms with van der Waals surface area (Å²) in [7, 11) is 0. The van der Waals surface area contributed by atoms with Crippen molar-refractivity contribution >= 4 is 29.4 Å². The number of alkyl carbamates (subject to hydrolysis) is 1. The van der Waals surface area contributed by atoms with E-state index in [1.54, 1.807) is 27.7 Å². The molecule has 0 bridgehead atoms. The Morgan fingerprint density at radius 3 is 2.64 bits per heavy atom. The third kappa shape index (κ3) is 6.56. The van der Waals surface area contributed by atoms with Crippen molar-refractivity contribution in [3.05, 3.63) is 35.2 Å². The first-order valence-electron chi connectivity index (χ1n) is 8.87. The summed E-state index contributed by atoms with van der Waals surface area (Å²) in [4.78, 5) is 24.0. The van der Waals surface area contributed by atoms with Crippen molar-refractivity contribution in [3.63, 3.8) is 0 Å². The van der Waals surface area contributed by atoms with Crippen LogP contribution in [0.4, 0.5) is 10.5 Å². The standard InChI is InChI=1S/C19H26N4O4S/c1-11-8-7-9-14(12(11)2)21-15(24)10-28-18-23-22-16(26-18)13(3)20-17(25)27-19(4,5)6/h7-9,13H,10H2,1-6H3,(H,20,25)(H,21,24)/t13-/m1/s1. The van der Waals surface area contributed by atoms with E-state index in [0.29, 0.717) is 0 Å². The van der Waals surface area contributed by atoms with Crippen LogP contribution in [0.15, 0.2) is 27.8 Å². The van der Waals surface area contributed by atoms with Crippen LogP contribution in [0.5, 0.6) is 0 Å². The number of aryl methyl sites for hydroxylation is 1. The van der Waals surface area contributed by atoms with Crippen LogP contribution in [-0.2, 0) is 9.53 Å². The second-order valence-electron chi connectivity index (χ2n) is 7.36. The van der Waals surface area contributed by atoms with E-state index in [9.17, 15) is 9.59 Å². The topological polar surface area (TPSA) is 106 Å². The van der Waals surface area contributed by atoms with Crippen LogP contribution in [0, 0.1) is 13.8 Å². The quantitative estimate of drug-likeness (QED) is 0.698. The van der Waals surface area contributed by atoms with Crippen LogP contribution in [0.2, 0.25) is 0 Å². The largest absolute Gasteiger partial charge is 0.444 e. The van der Waals surface area contributed by atoms with Gasteiger partial charge in [-0.25, -0.2) is 4.79 Å². The van der Waals surface area contributed by atoms with Gasteiger partial charge in [-0.05, 0) is 58.7 Å². The summed E-state index contributed by atoms with van der Waals surface area (Å²) >= 11 is 1.13. The molecule has 1 aromatic heterocycles. The molecule has 2 rings (SSSR count). The average Bonchev–Trinajstić information content (AvgIpc) is 3.04. The first-order chi connectivity index (χ1) is 13.0. The number of hydrogen-bond donors (Lipinski definition) is 2. The molecule has 0 saturated heterocycles. The molecule has 0 aliphatic carbocycles. The molecular formula is C19H26N4O4S. The van der Waals surface area contributed by atoms with Crippen LogP contribution in [0.1, 0.15) is 50.8 Å². The van der Waals surface area contributed by atoms with Crippen LogP contribution in [0.3, 0.4) is 0 Å². The minimum absolute atomic E-state index is 0.128. The second-order valence-corrected chi connectivity index (χ2v) is 8.29. The summed E-state index contributed by atoms with van der Waals surface area (Å²) in [5, 5.41) is 13.6. The van der Waals surface area contributed by atoms with Gasteiger partial charge in [-0.3, -0.25) is 4.79 Å². The number of ether oxygens (including phenoxy) is 1. The first kappa shape index (κ1) is 21.7. The SMILES string of the molecule is Cc1cccc(NC(=O)CSc2nnc([C@@H](C)NC(=O)OC(C)(C)C)o2)c1C. The molecule has 0 unspecified atom stereocenters. The van der Waals surface area contributed by atoms with Gasteiger partial charge in [0.25, 0.3) is 5.22 Å². The average molecular weight is 407 g/mol. The van der Waals surface area contributed by atoms with E-state index in [4.69, 9.17) is 9.15 Å². The lowest BCUT2D eigenvalue weighted by Crippen LogP contribution is -2.34. The number of hydrogen-bond acceptors (Lipinski definition) is 7. The van der Waals surface area contributed by atoms with Gasteiger partial charge in [0.1, 0.15) is 11.6 Å². The molecule has 2 aromatic rings. The number of aromatic nitrogens is 2. The molecule has 9 heteroatoms. The van der Waals surface area contributed by atoms with E-state index in [2.05, 4.69) is 20.8 Å². The highest BCUT2D eigenvalue weighted by atomic mass is 32.2. The Morgan fingerprint density at radius 1 is 1.25 bits per heavy atom. The number of carbonyl (C=O) groups excluding carboxylic acids is 2. The molecule has 1 heterocycles. The zero-order valence-corrected chi connectivity index (χ0v) is 17.8. The Bertz CT molecular complexity index is 845. The molecule has 8 nitrogen and oxygen atoms in total. The molecule has 0 aliphatic heterocycles. The van der Waals surface area contributed by atoms with Crippen molar-refractivity contribution in [1.82, 2.24) is 15.5 Å². The summed E-state index contributed by atoms with van der Waals surface area (Å²) in [6.07, 6.45) is -0.569. The number of benzene rings is 1. The van der Waals surface area contributed by atoms with Crippen molar-refractivity contribution in [2.45, 2.75) is 58.4 Å². The van der Waals surface area contributed by atoms with Crippen LogP contribution in [-0.4, -0.2) is 33.6 Å². The van der Waals surface area contributed by atoms with Gasteiger partial charge in [-0.15, -0.1) is 10.2 Å². The summed E-state index contributed by atoms with van der Waals surface area (Å²) < 4.78 is 10.7. The molecule has 0 spiro atoms. The molecule has 0 aliphatic rings. The molecule has 0 saturated carbocycles. The minimum Gasteiger partial charge on any atom is -0.444 e. The molecule has 0 fully saturated rings. The first-order valence-corrected chi connectivity index (χ1v) is 9.85. The highest BCUT2D eigenvalue weighted by Crippen LogP contribution is 2.22. The number of thioether (sulfide) groups is 1. The fourth-order valence-corrected chi connectivity index (χ4v) is 2.77. The molecule has 152 valence electrons. The van der Waals surface area contributed by atoms with Gasteiger partial charge >= 0.3 is 6.09 Å². The summed E-state index contributed by atoms with van der Waals surface area (Å²) in [5.74, 6) is 0.199. The van der Waals surface area contributed by atoms with E-state index in [1.165, 1.54) is 0 Å². The lowest BCUT2D eigenvalue weighted by molar-refractivity contribution is -0.113. The Labute approximate surface area is 168 Å². The summed E-state index contributed by atoms with van der Waals surface area (Å²) in [6.45, 7) is 11.0. The Morgan fingerprint density at radius 2 is 1.96 bits per heavy atom. The van der Waals surface area contributed by atoms with Crippen molar-refractivity contribution in [3.8, 4) is 0 Å². The molecule has 0 radical (unpaired) electrons. The van der Waals surface area contributed by atoms with Gasteiger partial charge in [0.05, 0.1) is 5.75 Å². The maximum absolute atomic E-state index is 12.2. The monoisotopic (exact) mass is 406 g/mol. The van der Waals surface area contributed by atoms with Crippen molar-refractivity contribution in [2.75, 3.05) is 11.1 Å². The third-order valence-electron chi connectivity index (χ3n) is 3.73. The van der Waals surface area contributed by atoms with Gasteiger partial charge in [0.2, 0.25) is 11.8 Å². The van der Waals surface area contributed by atoms with E-state index >= 15 is 0 Å². The predicted octanol–water partition coefficient (Wildman–Crippen LogP) is 4.00. The van der Waals surface area contributed by atoms with Crippen molar-refractivity contribution in [1.29, 1.82) is 0 Å². The molecule has 1 aromatic carbocycles. The molecule has 2 amide bonds. The molecular weight excluding hydrogens is 380 g/mol. The van der Waals surface area contributed by atoms with Gasteiger partial charge in [0, 0.05) is 5.69 Å². The van der Waals surface area contributed by atoms with Gasteiger partial charge in [-0.2, -0.15) is 0 Å². The zero-order chi connectivity index (χ0) is 20.9. The van der Waals surface area contributed by atoms with Crippen molar-refractivity contribution < 1.29 is 18.7 Å². The minimum atomic E-state index is -0.595. The molecule has 1 atom stereocenters. The number of nitrogens with one attached hydrogen (secondary N) is 2. The lowest BCUT2D eigenvalue weighted by atomic mass is 10.1. The third-order valence-corrected chi connectivity index (χ3v) is 4.55. The summed E-state index contributed by atoms with van der Waals surface area (Å²) in [5.41, 5.74) is 2.33. The summed E-state index contributed by atoms with van der Waals surface area (Å²) in [6, 6.07) is 5.24. The number of rotatable bonds is 6. The van der Waals surface area contributed by atoms with Crippen LogP contribution < -0.4 is 10.6 Å². The Balaban J connectivity index is 1.86. The molecule has 2 N–H and O–H groups in total. The van der Waals surface area contributed by atoms with Gasteiger partial charge in [0.15, 0.2) is 0 Å². The fraction of sp³-hybridized carbons (Fsp3) is 0.474. The van der Waals surface area contributed by atoms with Gasteiger partial charge in [-0.1, -0.05) is 23.9 Å². The number of anilines is 1. The van der Waals surface area contributed by atoms with E-state index in [0.717, 1.165) is 28.6 Å². The second kappa shape index (κ2) is 9.09. The predicted molar refractivity (Wildman–Crippen MR) is 107 cm³/mol. The maximum Gasteiger partial charge on any atom is 0.408 e. The highest BCUT2D eigenvalue weighted by Gasteiger charge is 2.21. The lowest BCUT2D eigenvalue weighted by Gasteiger charge is -2.20. The fourth-order valence-electron chi connectivity index (χ4n) is 2.20. The van der Waals surface area contributed by atoms with Crippen LogP contribution in [0.25, 0.3) is 0 Å². The van der Waals surface area contributed by atoms with E-state index in [1.807, 2.05) is 32.0 Å². The smallest absolute Gasteiger partial charge is 0.408 e. The molecule has 28 heavy (non-hydrogen) atoms. The normalized spacial score (nSPS) is 12.4. The van der Waals surface area contributed by atoms with E-state index < -0.39 is 17.7 Å². The van der Waals surface area contributed by atoms with Gasteiger partial charge < -0.3 is 19.8 Å². The highest BCUT2D eigenvalue weighted by molar-refractivity contribution is 7.99. The van der Waals surface area contributed by atoms with Crippen LogP contribution >= 0.6 is 11.8 Å². The zero-order valence-electron chi connectivity index (χ0n) is 17.0. The number of carbonyl (C=O) groups is 2. The number of nitrogens with zero attached hydrogens (tertiary/aromatic N) is 2. The Hall–Kier alpha value is -2.55. The van der Waals surface area contributed by atoms with E-state index in [-0.39, 0.29) is 22.8 Å². The maximum atomic E-state index is 12.2. The van der Waals surface area contributed by atoms with Crippen molar-refractivity contribution in [2.24, 2.45) is 0 Å². The number of amides is 2. The Kier molecular flexibility index (Phi) is 7.06.